The fourth-order valence-electron chi connectivity index (χ4n) is 6.60. The number of aryl methyl sites for hydroxylation is 1. The number of aromatic hydroxyl groups is 2. The van der Waals surface area contributed by atoms with Crippen molar-refractivity contribution in [2.75, 3.05) is 0 Å². The number of rotatable bonds is 2. The van der Waals surface area contributed by atoms with Gasteiger partial charge in [0.2, 0.25) is 0 Å². The van der Waals surface area contributed by atoms with E-state index in [2.05, 4.69) is 54.0 Å². The molecule has 0 spiro atoms. The van der Waals surface area contributed by atoms with E-state index in [1.54, 1.807) is 24.3 Å². The van der Waals surface area contributed by atoms with Gasteiger partial charge in [0.05, 0.1) is 0 Å². The van der Waals surface area contributed by atoms with Gasteiger partial charge in [-0.15, -0.1) is 0 Å². The zero-order chi connectivity index (χ0) is 26.2. The number of fused-ring (bicyclic) bond motifs is 9. The molecule has 0 atom stereocenters. The molecule has 1 aromatic heterocycles. The summed E-state index contributed by atoms with van der Waals surface area (Å²) >= 11 is 0. The van der Waals surface area contributed by atoms with Crippen LogP contribution in [0.2, 0.25) is 0 Å². The molecule has 0 saturated heterocycles. The van der Waals surface area contributed by atoms with Gasteiger partial charge >= 0.3 is 0 Å². The minimum atomic E-state index is -0.113. The van der Waals surface area contributed by atoms with Crippen molar-refractivity contribution in [1.82, 2.24) is 4.57 Å². The Kier molecular flexibility index (Phi) is 4.54. The molecule has 1 aliphatic rings. The molecule has 0 saturated carbocycles. The summed E-state index contributed by atoms with van der Waals surface area (Å²) in [5.74, 6) is 2.01. The SMILES string of the molecule is CCn1c2ccccc2c2cc(C3c4c(ccc5cc(O)ccc45)Oc4ccc5cc(O)ccc5c43)ccc21. The van der Waals surface area contributed by atoms with Gasteiger partial charge in [-0.2, -0.15) is 0 Å². The molecule has 1 aliphatic heterocycles. The Morgan fingerprint density at radius 2 is 1.23 bits per heavy atom. The molecule has 8 rings (SSSR count). The Bertz CT molecular complexity index is 2030. The van der Waals surface area contributed by atoms with E-state index in [0.717, 1.165) is 50.7 Å². The summed E-state index contributed by atoms with van der Waals surface area (Å²) in [7, 11) is 0. The average Bonchev–Trinajstić information content (AvgIpc) is 3.28. The van der Waals surface area contributed by atoms with Crippen LogP contribution in [-0.2, 0) is 6.54 Å². The number of para-hydroxylation sites is 1. The smallest absolute Gasteiger partial charge is 0.132 e. The molecule has 7 aromatic rings. The second-order valence-corrected chi connectivity index (χ2v) is 10.3. The Balaban J connectivity index is 1.50. The lowest BCUT2D eigenvalue weighted by atomic mass is 9.78. The summed E-state index contributed by atoms with van der Waals surface area (Å²) < 4.78 is 8.93. The predicted molar refractivity (Wildman–Crippen MR) is 157 cm³/mol. The van der Waals surface area contributed by atoms with Crippen LogP contribution in [-0.4, -0.2) is 14.8 Å². The van der Waals surface area contributed by atoms with Crippen molar-refractivity contribution in [2.24, 2.45) is 0 Å². The first kappa shape index (κ1) is 22.1. The third-order valence-electron chi connectivity index (χ3n) is 8.25. The van der Waals surface area contributed by atoms with Crippen molar-refractivity contribution >= 4 is 43.4 Å². The maximum absolute atomic E-state index is 10.2. The van der Waals surface area contributed by atoms with Gasteiger partial charge in [0.25, 0.3) is 0 Å². The predicted octanol–water partition coefficient (Wildman–Crippen LogP) is 8.82. The minimum Gasteiger partial charge on any atom is -0.508 e. The topological polar surface area (TPSA) is 54.6 Å². The third-order valence-corrected chi connectivity index (χ3v) is 8.25. The van der Waals surface area contributed by atoms with Crippen LogP contribution in [0.3, 0.4) is 0 Å². The molecule has 4 nitrogen and oxygen atoms in total. The first-order valence-corrected chi connectivity index (χ1v) is 13.3. The Morgan fingerprint density at radius 1 is 0.615 bits per heavy atom. The third kappa shape index (κ3) is 3.12. The van der Waals surface area contributed by atoms with Gasteiger partial charge in [-0.3, -0.25) is 0 Å². The van der Waals surface area contributed by atoms with Gasteiger partial charge in [-0.25, -0.2) is 0 Å². The number of ether oxygens (including phenoxy) is 1. The van der Waals surface area contributed by atoms with Gasteiger partial charge in [-0.1, -0.05) is 48.5 Å². The Labute approximate surface area is 224 Å². The molecule has 6 aromatic carbocycles. The number of nitrogens with zero attached hydrogens (tertiary/aromatic N) is 1. The number of benzene rings is 6. The molecule has 4 heteroatoms. The van der Waals surface area contributed by atoms with Crippen molar-refractivity contribution in [3.8, 4) is 23.0 Å². The lowest BCUT2D eigenvalue weighted by molar-refractivity contribution is 0.455. The Morgan fingerprint density at radius 3 is 1.87 bits per heavy atom. The van der Waals surface area contributed by atoms with Gasteiger partial charge in [0.15, 0.2) is 0 Å². The molecule has 2 heterocycles. The second kappa shape index (κ2) is 8.02. The van der Waals surface area contributed by atoms with Crippen LogP contribution in [0.15, 0.2) is 103 Å². The molecule has 0 radical (unpaired) electrons. The number of phenols is 2. The van der Waals surface area contributed by atoms with E-state index < -0.39 is 0 Å². The molecule has 0 unspecified atom stereocenters. The molecule has 0 amide bonds. The van der Waals surface area contributed by atoms with Crippen LogP contribution in [0.5, 0.6) is 23.0 Å². The first-order chi connectivity index (χ1) is 19.1. The fraction of sp³-hybridized carbons (Fsp3) is 0.0857. The molecule has 39 heavy (non-hydrogen) atoms. The van der Waals surface area contributed by atoms with E-state index in [1.165, 1.54) is 27.4 Å². The van der Waals surface area contributed by atoms with Crippen molar-refractivity contribution in [2.45, 2.75) is 19.4 Å². The van der Waals surface area contributed by atoms with E-state index in [9.17, 15) is 10.2 Å². The highest BCUT2D eigenvalue weighted by atomic mass is 16.5. The van der Waals surface area contributed by atoms with Crippen molar-refractivity contribution in [1.29, 1.82) is 0 Å². The number of phenolic OH excluding ortho intramolecular Hbond substituents is 2. The lowest BCUT2D eigenvalue weighted by Crippen LogP contribution is -2.13. The van der Waals surface area contributed by atoms with Crippen LogP contribution >= 0.6 is 0 Å². The minimum absolute atomic E-state index is 0.113. The molecular formula is C35H25NO3. The second-order valence-electron chi connectivity index (χ2n) is 10.3. The first-order valence-electron chi connectivity index (χ1n) is 13.3. The normalized spacial score (nSPS) is 13.2. The van der Waals surface area contributed by atoms with Crippen molar-refractivity contribution < 1.29 is 14.9 Å². The maximum Gasteiger partial charge on any atom is 0.132 e. The van der Waals surface area contributed by atoms with Crippen LogP contribution in [0, 0.1) is 0 Å². The average molecular weight is 508 g/mol. The number of hydrogen-bond acceptors (Lipinski definition) is 3. The van der Waals surface area contributed by atoms with Gasteiger partial charge < -0.3 is 19.5 Å². The van der Waals surface area contributed by atoms with E-state index >= 15 is 0 Å². The van der Waals surface area contributed by atoms with Gasteiger partial charge in [0.1, 0.15) is 23.0 Å². The highest BCUT2D eigenvalue weighted by Crippen LogP contribution is 2.53. The molecule has 0 fully saturated rings. The number of aromatic nitrogens is 1. The van der Waals surface area contributed by atoms with Crippen LogP contribution < -0.4 is 4.74 Å². The van der Waals surface area contributed by atoms with Crippen LogP contribution in [0.25, 0.3) is 43.4 Å². The van der Waals surface area contributed by atoms with E-state index in [0.29, 0.717) is 0 Å². The monoisotopic (exact) mass is 507 g/mol. The van der Waals surface area contributed by atoms with E-state index in [4.69, 9.17) is 4.74 Å². The van der Waals surface area contributed by atoms with Crippen molar-refractivity contribution in [3.05, 3.63) is 120 Å². The molecule has 0 bridgehead atoms. The standard InChI is InChI=1S/C35H25NO3/c1-2-36-29-6-4-3-5-27(29)28-19-22(7-14-30(28)36)33-34-25-12-10-23(37)17-20(25)8-15-31(34)39-32-16-9-21-18-24(38)11-13-26(21)35(32)33/h3-19,33,37-38H,2H2,1H3. The molecular weight excluding hydrogens is 482 g/mol. The summed E-state index contributed by atoms with van der Waals surface area (Å²) in [6.07, 6.45) is 0. The van der Waals surface area contributed by atoms with Crippen LogP contribution in [0.4, 0.5) is 0 Å². The highest BCUT2D eigenvalue weighted by molar-refractivity contribution is 6.08. The fourth-order valence-corrected chi connectivity index (χ4v) is 6.60. The largest absolute Gasteiger partial charge is 0.508 e. The van der Waals surface area contributed by atoms with Gasteiger partial charge in [-0.05, 0) is 88.6 Å². The van der Waals surface area contributed by atoms with Crippen molar-refractivity contribution in [3.63, 3.8) is 0 Å². The summed E-state index contributed by atoms with van der Waals surface area (Å²) in [5.41, 5.74) is 5.80. The molecule has 188 valence electrons. The summed E-state index contributed by atoms with van der Waals surface area (Å²) in [6, 6.07) is 34.5. The summed E-state index contributed by atoms with van der Waals surface area (Å²) in [6.45, 7) is 3.09. The summed E-state index contributed by atoms with van der Waals surface area (Å²) in [4.78, 5) is 0. The zero-order valence-corrected chi connectivity index (χ0v) is 21.3. The van der Waals surface area contributed by atoms with Gasteiger partial charge in [0, 0.05) is 45.4 Å². The highest BCUT2D eigenvalue weighted by Gasteiger charge is 2.32. The zero-order valence-electron chi connectivity index (χ0n) is 21.3. The van der Waals surface area contributed by atoms with E-state index in [-0.39, 0.29) is 17.4 Å². The molecule has 2 N–H and O–H groups in total. The quantitative estimate of drug-likeness (QED) is 0.246. The Hall–Kier alpha value is -4.96. The lowest BCUT2D eigenvalue weighted by Gasteiger charge is -2.31. The summed E-state index contributed by atoms with van der Waals surface area (Å²) in [5, 5.41) is 27.0. The maximum atomic E-state index is 10.2. The number of hydrogen-bond donors (Lipinski definition) is 2. The van der Waals surface area contributed by atoms with E-state index in [1.807, 2.05) is 36.4 Å². The van der Waals surface area contributed by atoms with Crippen LogP contribution in [0.1, 0.15) is 29.5 Å². The molecule has 0 aliphatic carbocycles.